The fraction of sp³-hybridized carbons (Fsp3) is 0.273. The van der Waals surface area contributed by atoms with Gasteiger partial charge in [-0.1, -0.05) is 30.3 Å². The van der Waals surface area contributed by atoms with Crippen LogP contribution in [0, 0.1) is 20.8 Å². The zero-order valence-corrected chi connectivity index (χ0v) is 17.4. The van der Waals surface area contributed by atoms with Crippen LogP contribution in [0.1, 0.15) is 34.6 Å². The highest BCUT2D eigenvalue weighted by molar-refractivity contribution is 5.91. The van der Waals surface area contributed by atoms with Crippen molar-refractivity contribution < 1.29 is 13.6 Å². The quantitative estimate of drug-likeness (QED) is 0.504. The van der Waals surface area contributed by atoms with Gasteiger partial charge in [0.15, 0.2) is 11.5 Å². The van der Waals surface area contributed by atoms with Crippen LogP contribution >= 0.6 is 0 Å². The monoisotopic (exact) mass is 424 g/mol. The summed E-state index contributed by atoms with van der Waals surface area (Å²) >= 11 is 0. The van der Waals surface area contributed by atoms with Crippen molar-refractivity contribution >= 4 is 22.8 Å². The van der Waals surface area contributed by atoms with Gasteiger partial charge in [-0.3, -0.25) is 9.48 Å². The summed E-state index contributed by atoms with van der Waals surface area (Å²) in [5.41, 5.74) is 3.00. The van der Waals surface area contributed by atoms with Crippen LogP contribution in [0.3, 0.4) is 0 Å². The number of fused-ring (bicyclic) bond motifs is 1. The van der Waals surface area contributed by atoms with E-state index in [-0.39, 0.29) is 29.0 Å². The van der Waals surface area contributed by atoms with E-state index in [0.29, 0.717) is 23.8 Å². The van der Waals surface area contributed by atoms with E-state index in [1.54, 1.807) is 24.6 Å². The van der Waals surface area contributed by atoms with Crippen LogP contribution in [-0.2, 0) is 17.9 Å². The molecule has 160 valence electrons. The highest BCUT2D eigenvalue weighted by Crippen LogP contribution is 2.29. The van der Waals surface area contributed by atoms with Crippen molar-refractivity contribution in [2.45, 2.75) is 40.3 Å². The van der Waals surface area contributed by atoms with Crippen molar-refractivity contribution in [3.63, 3.8) is 0 Å². The number of alkyl halides is 2. The number of aromatic nitrogens is 5. The lowest BCUT2D eigenvalue weighted by molar-refractivity contribution is -0.116. The third kappa shape index (κ3) is 4.30. The van der Waals surface area contributed by atoms with Gasteiger partial charge in [0.25, 0.3) is 6.43 Å². The summed E-state index contributed by atoms with van der Waals surface area (Å²) in [6, 6.07) is 13.0. The third-order valence-corrected chi connectivity index (χ3v) is 4.99. The van der Waals surface area contributed by atoms with Crippen LogP contribution in [0.15, 0.2) is 42.5 Å². The van der Waals surface area contributed by atoms with E-state index in [0.717, 1.165) is 11.3 Å². The number of aryl methyl sites for hydroxylation is 3. The second kappa shape index (κ2) is 8.25. The predicted molar refractivity (Wildman–Crippen MR) is 113 cm³/mol. The van der Waals surface area contributed by atoms with Gasteiger partial charge in [-0.2, -0.15) is 10.2 Å². The number of halogens is 2. The molecule has 3 heterocycles. The molecule has 4 aromatic rings. The molecular weight excluding hydrogens is 402 g/mol. The lowest BCUT2D eigenvalue weighted by Crippen LogP contribution is -2.20. The van der Waals surface area contributed by atoms with Crippen molar-refractivity contribution in [1.82, 2.24) is 24.5 Å². The standard InChI is InChI=1S/C22H22F2N6O/c1-13-9-17(21(23)24)20-15(3)27-30(22(20)25-13)12-19(31)26-18-10-14(2)29(28-18)11-16-7-5-4-6-8-16/h4-10,21H,11-12H2,1-3H3,(H,26,28,31). The molecule has 3 aromatic heterocycles. The zero-order valence-electron chi connectivity index (χ0n) is 17.4. The number of benzene rings is 1. The van der Waals surface area contributed by atoms with E-state index in [1.165, 1.54) is 10.7 Å². The minimum Gasteiger partial charge on any atom is -0.308 e. The Morgan fingerprint density at radius 2 is 1.81 bits per heavy atom. The van der Waals surface area contributed by atoms with Crippen molar-refractivity contribution in [2.75, 3.05) is 5.32 Å². The number of nitrogens with zero attached hydrogens (tertiary/aromatic N) is 5. The molecule has 0 aliphatic rings. The molecule has 7 nitrogen and oxygen atoms in total. The molecule has 4 rings (SSSR count). The molecule has 0 unspecified atom stereocenters. The Morgan fingerprint density at radius 3 is 2.52 bits per heavy atom. The van der Waals surface area contributed by atoms with Crippen LogP contribution in [0.4, 0.5) is 14.6 Å². The minimum absolute atomic E-state index is 0.123. The first-order chi connectivity index (χ1) is 14.8. The highest BCUT2D eigenvalue weighted by Gasteiger charge is 2.21. The topological polar surface area (TPSA) is 77.6 Å². The van der Waals surface area contributed by atoms with Crippen LogP contribution in [0.2, 0.25) is 0 Å². The number of anilines is 1. The van der Waals surface area contributed by atoms with Gasteiger partial charge in [-0.15, -0.1) is 0 Å². The number of rotatable bonds is 6. The fourth-order valence-corrected chi connectivity index (χ4v) is 3.61. The molecule has 0 bridgehead atoms. The van der Waals surface area contributed by atoms with Crippen molar-refractivity contribution in [3.05, 3.63) is 70.7 Å². The Kier molecular flexibility index (Phi) is 5.50. The maximum absolute atomic E-state index is 13.5. The summed E-state index contributed by atoms with van der Waals surface area (Å²) in [4.78, 5) is 17.0. The highest BCUT2D eigenvalue weighted by atomic mass is 19.3. The molecule has 0 spiro atoms. The van der Waals surface area contributed by atoms with Gasteiger partial charge in [0.05, 0.1) is 17.6 Å². The fourth-order valence-electron chi connectivity index (χ4n) is 3.61. The van der Waals surface area contributed by atoms with Gasteiger partial charge in [0, 0.05) is 23.0 Å². The van der Waals surface area contributed by atoms with E-state index in [9.17, 15) is 13.6 Å². The average molecular weight is 424 g/mol. The molecule has 1 amide bonds. The van der Waals surface area contributed by atoms with Gasteiger partial charge >= 0.3 is 0 Å². The Morgan fingerprint density at radius 1 is 1.06 bits per heavy atom. The SMILES string of the molecule is Cc1cc(C(F)F)c2c(C)nn(CC(=O)Nc3cc(C)n(Cc4ccccc4)n3)c2n1. The molecule has 0 aliphatic carbocycles. The largest absolute Gasteiger partial charge is 0.308 e. The summed E-state index contributed by atoms with van der Waals surface area (Å²) in [7, 11) is 0. The summed E-state index contributed by atoms with van der Waals surface area (Å²) in [6.07, 6.45) is -2.65. The Labute approximate surface area is 177 Å². The van der Waals surface area contributed by atoms with E-state index >= 15 is 0 Å². The Bertz CT molecular complexity index is 1250. The molecular formula is C22H22F2N6O. The molecule has 1 aromatic carbocycles. The van der Waals surface area contributed by atoms with Gasteiger partial charge in [-0.05, 0) is 32.4 Å². The van der Waals surface area contributed by atoms with Gasteiger partial charge in [0.2, 0.25) is 5.91 Å². The second-order valence-electron chi connectivity index (χ2n) is 7.46. The van der Waals surface area contributed by atoms with Crippen molar-refractivity contribution in [2.24, 2.45) is 0 Å². The van der Waals surface area contributed by atoms with E-state index in [1.807, 2.05) is 37.3 Å². The number of nitrogens with one attached hydrogen (secondary N) is 1. The van der Waals surface area contributed by atoms with E-state index < -0.39 is 6.43 Å². The van der Waals surface area contributed by atoms with Gasteiger partial charge < -0.3 is 5.32 Å². The van der Waals surface area contributed by atoms with Crippen LogP contribution < -0.4 is 5.32 Å². The van der Waals surface area contributed by atoms with E-state index in [4.69, 9.17) is 0 Å². The Balaban J connectivity index is 1.53. The minimum atomic E-state index is -2.65. The maximum Gasteiger partial charge on any atom is 0.264 e. The summed E-state index contributed by atoms with van der Waals surface area (Å²) in [6.45, 7) is 5.61. The number of amides is 1. The summed E-state index contributed by atoms with van der Waals surface area (Å²) in [5, 5.41) is 11.8. The molecule has 31 heavy (non-hydrogen) atoms. The van der Waals surface area contributed by atoms with Crippen LogP contribution in [0.25, 0.3) is 11.0 Å². The van der Waals surface area contributed by atoms with Crippen molar-refractivity contribution in [3.8, 4) is 0 Å². The molecule has 1 N–H and O–H groups in total. The summed E-state index contributed by atoms with van der Waals surface area (Å²) < 4.78 is 30.1. The third-order valence-electron chi connectivity index (χ3n) is 4.99. The van der Waals surface area contributed by atoms with Gasteiger partial charge in [-0.25, -0.2) is 18.4 Å². The number of carbonyl (C=O) groups is 1. The second-order valence-corrected chi connectivity index (χ2v) is 7.46. The zero-order chi connectivity index (χ0) is 22.1. The lowest BCUT2D eigenvalue weighted by atomic mass is 10.1. The predicted octanol–water partition coefficient (Wildman–Crippen LogP) is 4.18. The molecule has 0 fully saturated rings. The molecule has 0 radical (unpaired) electrons. The summed E-state index contributed by atoms with van der Waals surface area (Å²) in [5.74, 6) is 0.0553. The number of hydrogen-bond donors (Lipinski definition) is 1. The normalized spacial score (nSPS) is 11.4. The van der Waals surface area contributed by atoms with E-state index in [2.05, 4.69) is 20.5 Å². The van der Waals surface area contributed by atoms with Crippen LogP contribution in [-0.4, -0.2) is 30.5 Å². The molecule has 0 aliphatic heterocycles. The van der Waals surface area contributed by atoms with Crippen LogP contribution in [0.5, 0.6) is 0 Å². The molecule has 0 saturated carbocycles. The lowest BCUT2D eigenvalue weighted by Gasteiger charge is -2.06. The van der Waals surface area contributed by atoms with Crippen molar-refractivity contribution in [1.29, 1.82) is 0 Å². The number of carbonyl (C=O) groups excluding carboxylic acids is 1. The number of pyridine rings is 1. The molecule has 9 heteroatoms. The maximum atomic E-state index is 13.5. The Hall–Kier alpha value is -3.62. The molecule has 0 saturated heterocycles. The smallest absolute Gasteiger partial charge is 0.264 e. The first-order valence-electron chi connectivity index (χ1n) is 9.83. The number of hydrogen-bond acceptors (Lipinski definition) is 4. The van der Waals surface area contributed by atoms with Gasteiger partial charge in [0.1, 0.15) is 6.54 Å². The average Bonchev–Trinajstić information content (AvgIpc) is 3.20. The first-order valence-corrected chi connectivity index (χ1v) is 9.83. The molecule has 0 atom stereocenters. The first kappa shape index (κ1) is 20.6.